The summed E-state index contributed by atoms with van der Waals surface area (Å²) in [6.07, 6.45) is 1.70. The molecule has 0 amide bonds. The van der Waals surface area contributed by atoms with Crippen LogP contribution in [0.2, 0.25) is 0 Å². The predicted molar refractivity (Wildman–Crippen MR) is 61.0 cm³/mol. The molecule has 0 bridgehead atoms. The highest BCUT2D eigenvalue weighted by Crippen LogP contribution is 2.13. The molecule has 0 radical (unpaired) electrons. The maximum Gasteiger partial charge on any atom is 0.133 e. The van der Waals surface area contributed by atoms with Gasteiger partial charge < -0.3 is 4.74 Å². The van der Waals surface area contributed by atoms with Gasteiger partial charge in [-0.1, -0.05) is 25.1 Å². The molecule has 0 aliphatic heterocycles. The molecule has 82 valence electrons. The first-order valence-electron chi connectivity index (χ1n) is 5.42. The van der Waals surface area contributed by atoms with Gasteiger partial charge in [-0.3, -0.25) is 4.79 Å². The number of benzene rings is 1. The molecule has 0 aromatic heterocycles. The lowest BCUT2D eigenvalue weighted by Gasteiger charge is -2.11. The first-order chi connectivity index (χ1) is 7.24. The number of ether oxygens (including phenoxy) is 1. The van der Waals surface area contributed by atoms with Crippen LogP contribution in [0.4, 0.5) is 0 Å². The fourth-order valence-electron chi connectivity index (χ4n) is 1.53. The van der Waals surface area contributed by atoms with E-state index in [9.17, 15) is 4.79 Å². The third kappa shape index (κ3) is 4.15. The molecule has 0 aliphatic carbocycles. The van der Waals surface area contributed by atoms with Gasteiger partial charge in [0.25, 0.3) is 0 Å². The molecule has 0 aliphatic rings. The van der Waals surface area contributed by atoms with Crippen molar-refractivity contribution in [3.05, 3.63) is 30.3 Å². The molecule has 1 rings (SSSR count). The highest BCUT2D eigenvalue weighted by atomic mass is 16.5. The molecule has 0 N–H and O–H groups in total. The van der Waals surface area contributed by atoms with Crippen molar-refractivity contribution < 1.29 is 9.53 Å². The van der Waals surface area contributed by atoms with Crippen molar-refractivity contribution in [1.29, 1.82) is 0 Å². The van der Waals surface area contributed by atoms with E-state index < -0.39 is 0 Å². The predicted octanol–water partition coefficient (Wildman–Crippen LogP) is 3.07. The summed E-state index contributed by atoms with van der Waals surface area (Å²) in [5, 5.41) is 0. The summed E-state index contributed by atoms with van der Waals surface area (Å²) in [6.45, 7) is 4.30. The van der Waals surface area contributed by atoms with Crippen LogP contribution in [0.5, 0.6) is 5.75 Å². The van der Waals surface area contributed by atoms with E-state index in [2.05, 4.69) is 0 Å². The Labute approximate surface area is 91.3 Å². The topological polar surface area (TPSA) is 26.3 Å². The minimum atomic E-state index is 0.147. The summed E-state index contributed by atoms with van der Waals surface area (Å²) in [5.41, 5.74) is 0. The molecule has 2 nitrogen and oxygen atoms in total. The number of para-hydroxylation sites is 1. The van der Waals surface area contributed by atoms with Crippen molar-refractivity contribution >= 4 is 5.78 Å². The standard InChI is InChI=1S/C13H18O2/c1-3-12(11(2)14)9-10-15-13-7-5-4-6-8-13/h4-8,12H,3,9-10H2,1-2H3. The van der Waals surface area contributed by atoms with Crippen LogP contribution in [0.3, 0.4) is 0 Å². The van der Waals surface area contributed by atoms with Crippen LogP contribution in [0.15, 0.2) is 30.3 Å². The largest absolute Gasteiger partial charge is 0.494 e. The fourth-order valence-corrected chi connectivity index (χ4v) is 1.53. The Kier molecular flexibility index (Phi) is 4.88. The SMILES string of the molecule is CCC(CCOc1ccccc1)C(C)=O. The monoisotopic (exact) mass is 206 g/mol. The third-order valence-corrected chi connectivity index (χ3v) is 2.55. The van der Waals surface area contributed by atoms with E-state index in [-0.39, 0.29) is 11.7 Å². The zero-order valence-corrected chi connectivity index (χ0v) is 9.40. The first kappa shape index (κ1) is 11.8. The first-order valence-corrected chi connectivity index (χ1v) is 5.42. The van der Waals surface area contributed by atoms with Crippen molar-refractivity contribution in [2.45, 2.75) is 26.7 Å². The highest BCUT2D eigenvalue weighted by Gasteiger charge is 2.11. The van der Waals surface area contributed by atoms with Crippen molar-refractivity contribution in [3.63, 3.8) is 0 Å². The van der Waals surface area contributed by atoms with E-state index in [0.717, 1.165) is 18.6 Å². The quantitative estimate of drug-likeness (QED) is 0.715. The lowest BCUT2D eigenvalue weighted by molar-refractivity contribution is -0.121. The number of hydrogen-bond acceptors (Lipinski definition) is 2. The van der Waals surface area contributed by atoms with Crippen LogP contribution in [-0.2, 0) is 4.79 Å². The van der Waals surface area contributed by atoms with Crippen LogP contribution >= 0.6 is 0 Å². The number of carbonyl (C=O) groups excluding carboxylic acids is 1. The second-order valence-electron chi connectivity index (χ2n) is 3.67. The Morgan fingerprint density at radius 2 is 2.00 bits per heavy atom. The number of Topliss-reactive ketones (excluding diaryl/α,β-unsaturated/α-hetero) is 1. The summed E-state index contributed by atoms with van der Waals surface area (Å²) in [6, 6.07) is 9.69. The maximum absolute atomic E-state index is 11.2. The van der Waals surface area contributed by atoms with Gasteiger partial charge in [-0.05, 0) is 31.9 Å². The average molecular weight is 206 g/mol. The van der Waals surface area contributed by atoms with Gasteiger partial charge in [0, 0.05) is 5.92 Å². The van der Waals surface area contributed by atoms with Gasteiger partial charge in [0.05, 0.1) is 6.61 Å². The minimum absolute atomic E-state index is 0.147. The van der Waals surface area contributed by atoms with Crippen LogP contribution < -0.4 is 4.74 Å². The number of hydrogen-bond donors (Lipinski definition) is 0. The molecule has 15 heavy (non-hydrogen) atoms. The zero-order chi connectivity index (χ0) is 11.1. The molecular weight excluding hydrogens is 188 g/mol. The van der Waals surface area contributed by atoms with Crippen LogP contribution in [0.1, 0.15) is 26.7 Å². The van der Waals surface area contributed by atoms with Crippen LogP contribution in [0.25, 0.3) is 0 Å². The molecule has 1 aromatic carbocycles. The maximum atomic E-state index is 11.2. The summed E-state index contributed by atoms with van der Waals surface area (Å²) >= 11 is 0. The average Bonchev–Trinajstić information content (AvgIpc) is 2.25. The summed E-state index contributed by atoms with van der Waals surface area (Å²) in [4.78, 5) is 11.2. The van der Waals surface area contributed by atoms with Gasteiger partial charge >= 0.3 is 0 Å². The van der Waals surface area contributed by atoms with Crippen LogP contribution in [-0.4, -0.2) is 12.4 Å². The van der Waals surface area contributed by atoms with E-state index in [1.165, 1.54) is 0 Å². The van der Waals surface area contributed by atoms with Crippen molar-refractivity contribution in [3.8, 4) is 5.75 Å². The van der Waals surface area contributed by atoms with E-state index in [0.29, 0.717) is 6.61 Å². The number of rotatable bonds is 6. The Bertz CT molecular complexity index is 293. The minimum Gasteiger partial charge on any atom is -0.494 e. The number of carbonyl (C=O) groups is 1. The van der Waals surface area contributed by atoms with Gasteiger partial charge in [0.1, 0.15) is 11.5 Å². The summed E-state index contributed by atoms with van der Waals surface area (Å²) < 4.78 is 5.54. The van der Waals surface area contributed by atoms with Gasteiger partial charge in [0.2, 0.25) is 0 Å². The van der Waals surface area contributed by atoms with E-state index in [1.807, 2.05) is 37.3 Å². The van der Waals surface area contributed by atoms with Crippen molar-refractivity contribution in [2.75, 3.05) is 6.61 Å². The Hall–Kier alpha value is -1.31. The Morgan fingerprint density at radius 3 is 2.53 bits per heavy atom. The van der Waals surface area contributed by atoms with Gasteiger partial charge in [0.15, 0.2) is 0 Å². The summed E-state index contributed by atoms with van der Waals surface area (Å²) in [7, 11) is 0. The second-order valence-corrected chi connectivity index (χ2v) is 3.67. The molecule has 1 atom stereocenters. The zero-order valence-electron chi connectivity index (χ0n) is 9.40. The fraction of sp³-hybridized carbons (Fsp3) is 0.462. The Balaban J connectivity index is 2.30. The lowest BCUT2D eigenvalue weighted by Crippen LogP contribution is -2.13. The molecule has 0 saturated carbocycles. The van der Waals surface area contributed by atoms with Gasteiger partial charge in [-0.15, -0.1) is 0 Å². The van der Waals surface area contributed by atoms with E-state index >= 15 is 0 Å². The number of ketones is 1. The molecule has 2 heteroatoms. The van der Waals surface area contributed by atoms with Crippen molar-refractivity contribution in [1.82, 2.24) is 0 Å². The molecule has 0 fully saturated rings. The normalized spacial score (nSPS) is 12.1. The van der Waals surface area contributed by atoms with Gasteiger partial charge in [-0.2, -0.15) is 0 Å². The molecular formula is C13H18O2. The molecule has 1 aromatic rings. The molecule has 0 spiro atoms. The van der Waals surface area contributed by atoms with Crippen molar-refractivity contribution in [2.24, 2.45) is 5.92 Å². The smallest absolute Gasteiger partial charge is 0.133 e. The second kappa shape index (κ2) is 6.23. The Morgan fingerprint density at radius 1 is 1.33 bits per heavy atom. The highest BCUT2D eigenvalue weighted by molar-refractivity contribution is 5.78. The third-order valence-electron chi connectivity index (χ3n) is 2.55. The van der Waals surface area contributed by atoms with Crippen LogP contribution in [0, 0.1) is 5.92 Å². The summed E-state index contributed by atoms with van der Waals surface area (Å²) in [5.74, 6) is 1.28. The van der Waals surface area contributed by atoms with Gasteiger partial charge in [-0.25, -0.2) is 0 Å². The molecule has 1 unspecified atom stereocenters. The molecule has 0 heterocycles. The molecule has 0 saturated heterocycles. The van der Waals surface area contributed by atoms with E-state index in [4.69, 9.17) is 4.74 Å². The lowest BCUT2D eigenvalue weighted by atomic mass is 9.99. The van der Waals surface area contributed by atoms with E-state index in [1.54, 1.807) is 6.92 Å².